The lowest BCUT2D eigenvalue weighted by molar-refractivity contribution is -0.135. The van der Waals surface area contributed by atoms with E-state index in [0.717, 1.165) is 18.5 Å². The highest BCUT2D eigenvalue weighted by Crippen LogP contribution is 2.32. The van der Waals surface area contributed by atoms with Crippen molar-refractivity contribution < 1.29 is 17.9 Å². The smallest absolute Gasteiger partial charge is 0.228 e. The fourth-order valence-corrected chi connectivity index (χ4v) is 5.12. The Kier molecular flexibility index (Phi) is 7.09. The van der Waals surface area contributed by atoms with Gasteiger partial charge in [-0.3, -0.25) is 4.79 Å². The molecular formula is C23H33N3O4S. The van der Waals surface area contributed by atoms with E-state index >= 15 is 0 Å². The molecule has 0 N–H and O–H groups in total. The van der Waals surface area contributed by atoms with Crippen LogP contribution in [0.25, 0.3) is 0 Å². The predicted octanol–water partition coefficient (Wildman–Crippen LogP) is 3.67. The Morgan fingerprint density at radius 1 is 1.26 bits per heavy atom. The van der Waals surface area contributed by atoms with Crippen LogP contribution in [0.3, 0.4) is 0 Å². The molecule has 0 saturated heterocycles. The summed E-state index contributed by atoms with van der Waals surface area (Å²) in [5, 5.41) is 0.0570. The van der Waals surface area contributed by atoms with Crippen LogP contribution in [0.15, 0.2) is 35.6 Å². The van der Waals surface area contributed by atoms with E-state index in [1.165, 1.54) is 0 Å². The Hall–Kier alpha value is -2.35. The van der Waals surface area contributed by atoms with E-state index in [9.17, 15) is 13.2 Å². The van der Waals surface area contributed by atoms with Crippen molar-refractivity contribution in [3.8, 4) is 5.75 Å². The summed E-state index contributed by atoms with van der Waals surface area (Å²) in [5.74, 6) is 0.942. The van der Waals surface area contributed by atoms with Gasteiger partial charge in [0.2, 0.25) is 20.9 Å². The zero-order valence-corrected chi connectivity index (χ0v) is 19.9. The number of methoxy groups -OCH3 is 1. The van der Waals surface area contributed by atoms with E-state index in [1.54, 1.807) is 42.1 Å². The van der Waals surface area contributed by atoms with E-state index in [1.807, 2.05) is 32.6 Å². The van der Waals surface area contributed by atoms with Gasteiger partial charge in [-0.05, 0) is 50.3 Å². The van der Waals surface area contributed by atoms with Gasteiger partial charge in [0.1, 0.15) is 5.75 Å². The molecule has 1 aromatic carbocycles. The number of aromatic nitrogens is 2. The first-order chi connectivity index (χ1) is 14.6. The summed E-state index contributed by atoms with van der Waals surface area (Å²) in [6, 6.07) is 7.09. The summed E-state index contributed by atoms with van der Waals surface area (Å²) < 4.78 is 33.6. The molecule has 31 heavy (non-hydrogen) atoms. The Labute approximate surface area is 185 Å². The van der Waals surface area contributed by atoms with Crippen molar-refractivity contribution >= 4 is 15.7 Å². The molecule has 2 aromatic rings. The van der Waals surface area contributed by atoms with Gasteiger partial charge >= 0.3 is 0 Å². The molecule has 0 unspecified atom stereocenters. The van der Waals surface area contributed by atoms with E-state index in [0.29, 0.717) is 24.4 Å². The molecule has 1 fully saturated rings. The molecular weight excluding hydrogens is 414 g/mol. The molecule has 1 aromatic heterocycles. The molecule has 8 heteroatoms. The molecule has 0 aliphatic heterocycles. The topological polar surface area (TPSA) is 81.5 Å². The number of sulfone groups is 1. The monoisotopic (exact) mass is 447 g/mol. The molecule has 3 rings (SSSR count). The first-order valence-corrected chi connectivity index (χ1v) is 12.5. The average molecular weight is 448 g/mol. The van der Waals surface area contributed by atoms with Crippen LogP contribution in [0.1, 0.15) is 51.8 Å². The lowest BCUT2D eigenvalue weighted by Gasteiger charge is -2.27. The van der Waals surface area contributed by atoms with Crippen LogP contribution in [-0.2, 0) is 33.5 Å². The number of imidazole rings is 1. The van der Waals surface area contributed by atoms with Gasteiger partial charge in [0.25, 0.3) is 0 Å². The molecule has 0 bridgehead atoms. The quantitative estimate of drug-likeness (QED) is 0.555. The summed E-state index contributed by atoms with van der Waals surface area (Å²) in [6.07, 6.45) is 3.48. The minimum atomic E-state index is -3.68. The second-order valence-corrected chi connectivity index (χ2v) is 10.9. The van der Waals surface area contributed by atoms with Crippen molar-refractivity contribution in [2.45, 2.75) is 70.6 Å². The van der Waals surface area contributed by atoms with Gasteiger partial charge in [0.05, 0.1) is 31.3 Å². The normalized spacial score (nSPS) is 14.3. The van der Waals surface area contributed by atoms with Crippen molar-refractivity contribution in [2.24, 2.45) is 11.8 Å². The van der Waals surface area contributed by atoms with Crippen molar-refractivity contribution in [2.75, 3.05) is 7.11 Å². The molecule has 170 valence electrons. The molecule has 1 heterocycles. The number of nitrogens with zero attached hydrogens (tertiary/aromatic N) is 3. The van der Waals surface area contributed by atoms with Gasteiger partial charge in [-0.15, -0.1) is 0 Å². The molecule has 0 radical (unpaired) electrons. The van der Waals surface area contributed by atoms with Crippen molar-refractivity contribution in [3.05, 3.63) is 41.7 Å². The lowest BCUT2D eigenvalue weighted by atomic mass is 10.2. The SMILES string of the molecule is COc1cccc(CS(=O)(=O)c2ncc(CN(C(=O)C3CC3)C(C)C)n2CC(C)C)c1. The first-order valence-electron chi connectivity index (χ1n) is 10.8. The highest BCUT2D eigenvalue weighted by Gasteiger charge is 2.35. The Balaban J connectivity index is 1.92. The standard InChI is InChI=1S/C23H33N3O4S/c1-16(2)13-26-20(14-25(17(3)4)22(27)19-9-10-19)12-24-23(26)31(28,29)15-18-7-6-8-21(11-18)30-5/h6-8,11-12,16-17,19H,9-10,13-15H2,1-5H3. The van der Waals surface area contributed by atoms with Crippen LogP contribution in [-0.4, -0.2) is 41.9 Å². The zero-order valence-electron chi connectivity index (χ0n) is 19.0. The highest BCUT2D eigenvalue weighted by molar-refractivity contribution is 7.90. The number of hydrogen-bond acceptors (Lipinski definition) is 5. The largest absolute Gasteiger partial charge is 0.497 e. The molecule has 1 saturated carbocycles. The number of benzene rings is 1. The molecule has 1 aliphatic carbocycles. The lowest BCUT2D eigenvalue weighted by Crippen LogP contribution is -2.38. The molecule has 0 spiro atoms. The van der Waals surface area contributed by atoms with Crippen molar-refractivity contribution in [1.82, 2.24) is 14.5 Å². The summed E-state index contributed by atoms with van der Waals surface area (Å²) in [4.78, 5) is 18.9. The first kappa shape index (κ1) is 23.3. The van der Waals surface area contributed by atoms with E-state index in [2.05, 4.69) is 4.98 Å². The van der Waals surface area contributed by atoms with Gasteiger partial charge in [-0.2, -0.15) is 0 Å². The summed E-state index contributed by atoms with van der Waals surface area (Å²) in [6.45, 7) is 8.94. The Bertz CT molecular complexity index is 1020. The fraction of sp³-hybridized carbons (Fsp3) is 0.565. The molecule has 7 nitrogen and oxygen atoms in total. The van der Waals surface area contributed by atoms with Gasteiger partial charge in [0.15, 0.2) is 0 Å². The fourth-order valence-electron chi connectivity index (χ4n) is 3.63. The second kappa shape index (κ2) is 9.42. The summed E-state index contributed by atoms with van der Waals surface area (Å²) in [7, 11) is -2.13. The van der Waals surface area contributed by atoms with Gasteiger partial charge in [0, 0.05) is 18.5 Å². The van der Waals surface area contributed by atoms with E-state index < -0.39 is 9.84 Å². The van der Waals surface area contributed by atoms with Gasteiger partial charge in [-0.25, -0.2) is 13.4 Å². The van der Waals surface area contributed by atoms with Crippen LogP contribution in [0.2, 0.25) is 0 Å². The minimum absolute atomic E-state index is 0.0346. The number of carbonyl (C=O) groups excluding carboxylic acids is 1. The van der Waals surface area contributed by atoms with E-state index in [-0.39, 0.29) is 34.7 Å². The number of amides is 1. The summed E-state index contributed by atoms with van der Waals surface area (Å²) in [5.41, 5.74) is 1.40. The molecule has 1 aliphatic rings. The number of ether oxygens (including phenoxy) is 1. The number of rotatable bonds is 10. The number of carbonyl (C=O) groups is 1. The van der Waals surface area contributed by atoms with Gasteiger partial charge in [-0.1, -0.05) is 26.0 Å². The molecule has 1 amide bonds. The maximum atomic E-state index is 13.3. The highest BCUT2D eigenvalue weighted by atomic mass is 32.2. The third-order valence-electron chi connectivity index (χ3n) is 5.38. The van der Waals surface area contributed by atoms with Crippen LogP contribution in [0.4, 0.5) is 0 Å². The van der Waals surface area contributed by atoms with Gasteiger partial charge < -0.3 is 14.2 Å². The molecule has 0 atom stereocenters. The van der Waals surface area contributed by atoms with Crippen LogP contribution < -0.4 is 4.74 Å². The Morgan fingerprint density at radius 3 is 2.55 bits per heavy atom. The number of hydrogen-bond donors (Lipinski definition) is 0. The second-order valence-electron chi connectivity index (χ2n) is 8.98. The van der Waals surface area contributed by atoms with Crippen molar-refractivity contribution in [1.29, 1.82) is 0 Å². The maximum Gasteiger partial charge on any atom is 0.228 e. The van der Waals surface area contributed by atoms with Crippen LogP contribution >= 0.6 is 0 Å². The summed E-state index contributed by atoms with van der Waals surface area (Å²) >= 11 is 0. The van der Waals surface area contributed by atoms with Crippen LogP contribution in [0, 0.1) is 11.8 Å². The third kappa shape index (κ3) is 5.67. The van der Waals surface area contributed by atoms with E-state index in [4.69, 9.17) is 4.74 Å². The third-order valence-corrected chi connectivity index (χ3v) is 6.98. The average Bonchev–Trinajstić information content (AvgIpc) is 3.47. The zero-order chi connectivity index (χ0) is 22.8. The maximum absolute atomic E-state index is 13.3. The van der Waals surface area contributed by atoms with Crippen LogP contribution in [0.5, 0.6) is 5.75 Å². The Morgan fingerprint density at radius 2 is 1.97 bits per heavy atom. The predicted molar refractivity (Wildman–Crippen MR) is 119 cm³/mol. The van der Waals surface area contributed by atoms with Crippen molar-refractivity contribution in [3.63, 3.8) is 0 Å². The minimum Gasteiger partial charge on any atom is -0.497 e.